The Morgan fingerprint density at radius 2 is 1.95 bits per heavy atom. The summed E-state index contributed by atoms with van der Waals surface area (Å²) in [4.78, 5) is 13.6. The Bertz CT molecular complexity index is 659. The first-order valence-electron chi connectivity index (χ1n) is 5.85. The van der Waals surface area contributed by atoms with Crippen molar-refractivity contribution < 1.29 is 13.2 Å². The van der Waals surface area contributed by atoms with Gasteiger partial charge in [-0.1, -0.05) is 23.2 Å². The molecular formula is C12H11Cl2NO3S. The van der Waals surface area contributed by atoms with Crippen LogP contribution in [0.15, 0.2) is 18.2 Å². The van der Waals surface area contributed by atoms with Gasteiger partial charge in [0.15, 0.2) is 9.84 Å². The number of hydrogen-bond donors (Lipinski definition) is 0. The Kier molecular flexibility index (Phi) is 3.04. The minimum Gasteiger partial charge on any atom is -0.306 e. The van der Waals surface area contributed by atoms with Gasteiger partial charge >= 0.3 is 0 Å². The average Bonchev–Trinajstić information content (AvgIpc) is 2.70. The molecular weight excluding hydrogens is 309 g/mol. The van der Waals surface area contributed by atoms with Crippen molar-refractivity contribution in [1.29, 1.82) is 0 Å². The molecule has 3 rings (SSSR count). The molecule has 2 saturated heterocycles. The summed E-state index contributed by atoms with van der Waals surface area (Å²) in [5.41, 5.74) is 0.542. The van der Waals surface area contributed by atoms with E-state index in [0.29, 0.717) is 15.7 Å². The molecule has 2 fully saturated rings. The van der Waals surface area contributed by atoms with Crippen molar-refractivity contribution in [3.05, 3.63) is 28.2 Å². The van der Waals surface area contributed by atoms with Crippen molar-refractivity contribution in [2.45, 2.75) is 12.5 Å². The molecule has 102 valence electrons. The highest BCUT2D eigenvalue weighted by molar-refractivity contribution is 7.91. The quantitative estimate of drug-likeness (QED) is 0.797. The molecule has 4 nitrogen and oxygen atoms in total. The molecule has 1 amide bonds. The highest BCUT2D eigenvalue weighted by atomic mass is 35.5. The lowest BCUT2D eigenvalue weighted by Gasteiger charge is -2.24. The molecule has 19 heavy (non-hydrogen) atoms. The number of sulfone groups is 1. The van der Waals surface area contributed by atoms with E-state index in [9.17, 15) is 13.2 Å². The standard InChI is InChI=1S/C12H11Cl2NO3S/c13-8-1-2-10(9(14)4-8)15-11-6-19(17,18)5-7(11)3-12(15)16/h1-2,4,7,11H,3,5-6H2/t7-,11+/m0/s1. The first kappa shape index (κ1) is 13.2. The number of nitrogens with zero attached hydrogens (tertiary/aromatic N) is 1. The third-order valence-corrected chi connectivity index (χ3v) is 5.97. The third-order valence-electron chi connectivity index (χ3n) is 3.64. The summed E-state index contributed by atoms with van der Waals surface area (Å²) >= 11 is 11.9. The number of amides is 1. The molecule has 0 aromatic heterocycles. The van der Waals surface area contributed by atoms with Crippen molar-refractivity contribution in [3.63, 3.8) is 0 Å². The van der Waals surface area contributed by atoms with Gasteiger partial charge in [-0.25, -0.2) is 8.42 Å². The second-order valence-corrected chi connectivity index (χ2v) is 7.97. The molecule has 0 N–H and O–H groups in total. The van der Waals surface area contributed by atoms with Crippen LogP contribution in [0.5, 0.6) is 0 Å². The molecule has 2 heterocycles. The number of halogens is 2. The smallest absolute Gasteiger partial charge is 0.227 e. The summed E-state index contributed by atoms with van der Waals surface area (Å²) in [6, 6.07) is 4.57. The van der Waals surface area contributed by atoms with Gasteiger partial charge in [-0.3, -0.25) is 4.79 Å². The SMILES string of the molecule is O=C1C[C@H]2CS(=O)(=O)C[C@H]2N1c1ccc(Cl)cc1Cl. The number of carbonyl (C=O) groups is 1. The first-order valence-corrected chi connectivity index (χ1v) is 8.43. The van der Waals surface area contributed by atoms with Crippen LogP contribution < -0.4 is 4.90 Å². The molecule has 2 aliphatic heterocycles. The van der Waals surface area contributed by atoms with E-state index >= 15 is 0 Å². The minimum absolute atomic E-state index is 0.0162. The van der Waals surface area contributed by atoms with Gasteiger partial charge in [0, 0.05) is 17.4 Å². The van der Waals surface area contributed by atoms with E-state index < -0.39 is 9.84 Å². The molecule has 0 radical (unpaired) electrons. The highest BCUT2D eigenvalue weighted by Crippen LogP contribution is 2.40. The number of rotatable bonds is 1. The Hall–Kier alpha value is -0.780. The predicted octanol–water partition coefficient (Wildman–Crippen LogP) is 2.14. The zero-order valence-electron chi connectivity index (χ0n) is 9.84. The summed E-state index contributed by atoms with van der Waals surface area (Å²) < 4.78 is 23.3. The van der Waals surface area contributed by atoms with Crippen LogP contribution in [0.25, 0.3) is 0 Å². The van der Waals surface area contributed by atoms with Gasteiger partial charge in [-0.05, 0) is 18.2 Å². The van der Waals surface area contributed by atoms with Crippen molar-refractivity contribution in [2.75, 3.05) is 16.4 Å². The van der Waals surface area contributed by atoms with Crippen molar-refractivity contribution in [2.24, 2.45) is 5.92 Å². The molecule has 1 aromatic carbocycles. The number of carbonyl (C=O) groups excluding carboxylic acids is 1. The zero-order valence-corrected chi connectivity index (χ0v) is 12.2. The normalized spacial score (nSPS) is 28.7. The van der Waals surface area contributed by atoms with Crippen LogP contribution in [-0.4, -0.2) is 31.9 Å². The molecule has 0 spiro atoms. The van der Waals surface area contributed by atoms with Crippen LogP contribution in [0, 0.1) is 5.92 Å². The molecule has 0 aliphatic carbocycles. The topological polar surface area (TPSA) is 54.5 Å². The number of hydrogen-bond acceptors (Lipinski definition) is 3. The maximum Gasteiger partial charge on any atom is 0.227 e. The van der Waals surface area contributed by atoms with Crippen LogP contribution in [0.4, 0.5) is 5.69 Å². The van der Waals surface area contributed by atoms with Gasteiger partial charge in [0.05, 0.1) is 28.3 Å². The second-order valence-electron chi connectivity index (χ2n) is 4.97. The van der Waals surface area contributed by atoms with Gasteiger partial charge in [0.1, 0.15) is 0 Å². The van der Waals surface area contributed by atoms with E-state index in [1.807, 2.05) is 0 Å². The van der Waals surface area contributed by atoms with Crippen LogP contribution >= 0.6 is 23.2 Å². The maximum atomic E-state index is 12.1. The summed E-state index contributed by atoms with van der Waals surface area (Å²) in [6.07, 6.45) is 0.267. The lowest BCUT2D eigenvalue weighted by molar-refractivity contribution is -0.117. The molecule has 0 unspecified atom stereocenters. The Balaban J connectivity index is 2.02. The molecule has 1 aromatic rings. The van der Waals surface area contributed by atoms with E-state index in [0.717, 1.165) is 0 Å². The summed E-state index contributed by atoms with van der Waals surface area (Å²) in [7, 11) is -3.05. The average molecular weight is 320 g/mol. The van der Waals surface area contributed by atoms with Crippen LogP contribution in [0.1, 0.15) is 6.42 Å². The second kappa shape index (κ2) is 4.36. The van der Waals surface area contributed by atoms with Crippen molar-refractivity contribution >= 4 is 44.6 Å². The van der Waals surface area contributed by atoms with Gasteiger partial charge in [-0.15, -0.1) is 0 Å². The van der Waals surface area contributed by atoms with Crippen LogP contribution in [0.3, 0.4) is 0 Å². The third kappa shape index (κ3) is 2.24. The Morgan fingerprint density at radius 3 is 2.63 bits per heavy atom. The van der Waals surface area contributed by atoms with Crippen molar-refractivity contribution in [1.82, 2.24) is 0 Å². The number of anilines is 1. The minimum atomic E-state index is -3.05. The number of fused-ring (bicyclic) bond motifs is 1. The zero-order chi connectivity index (χ0) is 13.8. The summed E-state index contributed by atoms with van der Waals surface area (Å²) in [6.45, 7) is 0. The Morgan fingerprint density at radius 1 is 1.21 bits per heavy atom. The largest absolute Gasteiger partial charge is 0.306 e. The molecule has 0 saturated carbocycles. The lowest BCUT2D eigenvalue weighted by Crippen LogP contribution is -2.36. The fourth-order valence-electron chi connectivity index (χ4n) is 2.88. The van der Waals surface area contributed by atoms with Crippen LogP contribution in [-0.2, 0) is 14.6 Å². The molecule has 7 heteroatoms. The number of benzene rings is 1. The lowest BCUT2D eigenvalue weighted by atomic mass is 10.0. The van der Waals surface area contributed by atoms with Gasteiger partial charge in [0.2, 0.25) is 5.91 Å². The maximum absolute atomic E-state index is 12.1. The van der Waals surface area contributed by atoms with E-state index in [1.54, 1.807) is 18.2 Å². The fraction of sp³-hybridized carbons (Fsp3) is 0.417. The molecule has 0 bridgehead atoms. The molecule has 2 atom stereocenters. The monoisotopic (exact) mass is 319 g/mol. The Labute approximate surface area is 121 Å². The predicted molar refractivity (Wildman–Crippen MR) is 74.5 cm³/mol. The van der Waals surface area contributed by atoms with Crippen molar-refractivity contribution in [3.8, 4) is 0 Å². The first-order chi connectivity index (χ1) is 8.87. The van der Waals surface area contributed by atoms with Crippen LogP contribution in [0.2, 0.25) is 10.0 Å². The van der Waals surface area contributed by atoms with E-state index in [2.05, 4.69) is 0 Å². The van der Waals surface area contributed by atoms with E-state index in [-0.39, 0.29) is 35.8 Å². The van der Waals surface area contributed by atoms with Gasteiger partial charge in [0.25, 0.3) is 0 Å². The highest BCUT2D eigenvalue weighted by Gasteiger charge is 2.49. The summed E-state index contributed by atoms with van der Waals surface area (Å²) in [5, 5.41) is 0.849. The fourth-order valence-corrected chi connectivity index (χ4v) is 5.45. The van der Waals surface area contributed by atoms with E-state index in [1.165, 1.54) is 4.90 Å². The van der Waals surface area contributed by atoms with E-state index in [4.69, 9.17) is 23.2 Å². The van der Waals surface area contributed by atoms with Gasteiger partial charge < -0.3 is 4.90 Å². The van der Waals surface area contributed by atoms with Gasteiger partial charge in [-0.2, -0.15) is 0 Å². The molecule has 2 aliphatic rings. The summed E-state index contributed by atoms with van der Waals surface area (Å²) in [5.74, 6) is -0.0913.